The molecule has 1 fully saturated rings. The van der Waals surface area contributed by atoms with Gasteiger partial charge in [0.15, 0.2) is 9.84 Å². The number of carboxylic acid groups (broad SMARTS) is 1. The lowest BCUT2D eigenvalue weighted by molar-refractivity contribution is -0.145. The average molecular weight is 306 g/mol. The van der Waals surface area contributed by atoms with Crippen LogP contribution in [-0.2, 0) is 14.6 Å². The quantitative estimate of drug-likeness (QED) is 0.705. The van der Waals surface area contributed by atoms with Crippen LogP contribution in [0.4, 0.5) is 0 Å². The summed E-state index contributed by atoms with van der Waals surface area (Å²) in [7, 11) is -1.20. The lowest BCUT2D eigenvalue weighted by atomic mass is 9.90. The highest BCUT2D eigenvalue weighted by molar-refractivity contribution is 7.91. The van der Waals surface area contributed by atoms with Crippen LogP contribution in [0.15, 0.2) is 0 Å². The number of sulfone groups is 1. The SMILES string of the molecule is CCC(CCCN1CCCS(=O)(=O)CC1)(NC)C(=O)O. The molecule has 6 nitrogen and oxygen atoms in total. The number of hydrogen-bond donors (Lipinski definition) is 2. The Balaban J connectivity index is 2.45. The van der Waals surface area contributed by atoms with Crippen molar-refractivity contribution in [3.05, 3.63) is 0 Å². The number of carbonyl (C=O) groups is 1. The van der Waals surface area contributed by atoms with E-state index in [1.54, 1.807) is 7.05 Å². The van der Waals surface area contributed by atoms with Gasteiger partial charge in [0.25, 0.3) is 0 Å². The number of aliphatic carboxylic acids is 1. The van der Waals surface area contributed by atoms with Crippen molar-refractivity contribution >= 4 is 15.8 Å². The molecule has 1 aliphatic heterocycles. The molecular formula is C13H26N2O4S. The Bertz CT molecular complexity index is 418. The van der Waals surface area contributed by atoms with Crippen LogP contribution >= 0.6 is 0 Å². The molecule has 0 aromatic carbocycles. The molecule has 1 rings (SSSR count). The van der Waals surface area contributed by atoms with E-state index in [9.17, 15) is 18.3 Å². The molecule has 118 valence electrons. The Labute approximate surface area is 121 Å². The van der Waals surface area contributed by atoms with E-state index in [2.05, 4.69) is 10.2 Å². The predicted octanol–water partition coefficient (Wildman–Crippen LogP) is 0.340. The lowest BCUT2D eigenvalue weighted by Crippen LogP contribution is -2.50. The monoisotopic (exact) mass is 306 g/mol. The zero-order valence-electron chi connectivity index (χ0n) is 12.4. The lowest BCUT2D eigenvalue weighted by Gasteiger charge is -2.29. The maximum Gasteiger partial charge on any atom is 0.323 e. The summed E-state index contributed by atoms with van der Waals surface area (Å²) < 4.78 is 23.0. The van der Waals surface area contributed by atoms with Crippen LogP contribution in [0.5, 0.6) is 0 Å². The van der Waals surface area contributed by atoms with Gasteiger partial charge in [-0.3, -0.25) is 4.79 Å². The summed E-state index contributed by atoms with van der Waals surface area (Å²) in [6.07, 6.45) is 2.51. The van der Waals surface area contributed by atoms with E-state index in [1.807, 2.05) is 6.92 Å². The first-order valence-electron chi connectivity index (χ1n) is 7.20. The summed E-state index contributed by atoms with van der Waals surface area (Å²) >= 11 is 0. The van der Waals surface area contributed by atoms with Gasteiger partial charge >= 0.3 is 5.97 Å². The summed E-state index contributed by atoms with van der Waals surface area (Å²) in [6, 6.07) is 0. The van der Waals surface area contributed by atoms with Crippen LogP contribution in [0.25, 0.3) is 0 Å². The van der Waals surface area contributed by atoms with Crippen molar-refractivity contribution in [1.29, 1.82) is 0 Å². The molecule has 1 aliphatic rings. The Morgan fingerprint density at radius 2 is 2.05 bits per heavy atom. The number of hydrogen-bond acceptors (Lipinski definition) is 5. The predicted molar refractivity (Wildman–Crippen MR) is 78.7 cm³/mol. The van der Waals surface area contributed by atoms with Gasteiger partial charge in [0.2, 0.25) is 0 Å². The summed E-state index contributed by atoms with van der Waals surface area (Å²) in [5, 5.41) is 12.2. The fourth-order valence-corrected chi connectivity index (χ4v) is 3.97. The van der Waals surface area contributed by atoms with Crippen LogP contribution in [0.3, 0.4) is 0 Å². The molecule has 0 radical (unpaired) electrons. The molecule has 0 aromatic heterocycles. The van der Waals surface area contributed by atoms with E-state index >= 15 is 0 Å². The number of carboxylic acids is 1. The van der Waals surface area contributed by atoms with Gasteiger partial charge in [-0.25, -0.2) is 8.42 Å². The van der Waals surface area contributed by atoms with E-state index in [4.69, 9.17) is 0 Å². The third kappa shape index (κ3) is 4.71. The maximum absolute atomic E-state index is 11.5. The van der Waals surface area contributed by atoms with Gasteiger partial charge < -0.3 is 15.3 Å². The van der Waals surface area contributed by atoms with Crippen LogP contribution < -0.4 is 5.32 Å². The summed E-state index contributed by atoms with van der Waals surface area (Å²) in [5.74, 6) is -0.328. The molecule has 0 aromatic rings. The fraction of sp³-hybridized carbons (Fsp3) is 0.923. The minimum Gasteiger partial charge on any atom is -0.480 e. The van der Waals surface area contributed by atoms with E-state index in [0.29, 0.717) is 25.8 Å². The van der Waals surface area contributed by atoms with Crippen molar-refractivity contribution in [2.45, 2.75) is 38.1 Å². The first-order chi connectivity index (χ1) is 9.35. The second-order valence-electron chi connectivity index (χ2n) is 5.44. The van der Waals surface area contributed by atoms with Crippen LogP contribution in [0.2, 0.25) is 0 Å². The van der Waals surface area contributed by atoms with E-state index in [1.165, 1.54) is 0 Å². The number of nitrogens with zero attached hydrogens (tertiary/aromatic N) is 1. The van der Waals surface area contributed by atoms with Crippen molar-refractivity contribution in [1.82, 2.24) is 10.2 Å². The average Bonchev–Trinajstić information content (AvgIpc) is 2.56. The molecule has 20 heavy (non-hydrogen) atoms. The molecule has 0 spiro atoms. The van der Waals surface area contributed by atoms with E-state index in [-0.39, 0.29) is 11.5 Å². The van der Waals surface area contributed by atoms with Crippen LogP contribution in [-0.4, -0.2) is 68.1 Å². The number of rotatable bonds is 7. The van der Waals surface area contributed by atoms with Crippen molar-refractivity contribution in [3.63, 3.8) is 0 Å². The third-order valence-electron chi connectivity index (χ3n) is 4.22. The molecule has 0 saturated carbocycles. The number of likely N-dealkylation sites (N-methyl/N-ethyl adjacent to an activating group) is 1. The minimum absolute atomic E-state index is 0.219. The van der Waals surface area contributed by atoms with Crippen molar-refractivity contribution in [3.8, 4) is 0 Å². The molecular weight excluding hydrogens is 280 g/mol. The van der Waals surface area contributed by atoms with Crippen molar-refractivity contribution in [2.24, 2.45) is 0 Å². The molecule has 1 unspecified atom stereocenters. The van der Waals surface area contributed by atoms with Gasteiger partial charge in [0.1, 0.15) is 5.54 Å². The second kappa shape index (κ2) is 7.38. The maximum atomic E-state index is 11.5. The smallest absolute Gasteiger partial charge is 0.323 e. The standard InChI is InChI=1S/C13H26N2O4S/c1-3-13(14-2,12(16)17)6-4-7-15-8-5-10-20(18,19)11-9-15/h14H,3-11H2,1-2H3,(H,16,17). The summed E-state index contributed by atoms with van der Waals surface area (Å²) in [5.41, 5.74) is -0.863. The van der Waals surface area contributed by atoms with Gasteiger partial charge in [0, 0.05) is 6.54 Å². The first-order valence-corrected chi connectivity index (χ1v) is 9.02. The highest BCUT2D eigenvalue weighted by Gasteiger charge is 2.34. The molecule has 1 heterocycles. The second-order valence-corrected chi connectivity index (χ2v) is 7.75. The zero-order chi connectivity index (χ0) is 15.2. The van der Waals surface area contributed by atoms with Gasteiger partial charge in [-0.1, -0.05) is 6.92 Å². The molecule has 7 heteroatoms. The Kier molecular flexibility index (Phi) is 6.42. The topological polar surface area (TPSA) is 86.7 Å². The Morgan fingerprint density at radius 3 is 2.60 bits per heavy atom. The Hall–Kier alpha value is -0.660. The third-order valence-corrected chi connectivity index (χ3v) is 5.93. The summed E-state index contributed by atoms with van der Waals surface area (Å²) in [6.45, 7) is 3.97. The van der Waals surface area contributed by atoms with E-state index in [0.717, 1.165) is 19.5 Å². The minimum atomic E-state index is -2.88. The molecule has 0 aliphatic carbocycles. The normalized spacial score (nSPS) is 22.9. The fourth-order valence-electron chi connectivity index (χ4n) is 2.66. The molecule has 0 amide bonds. The van der Waals surface area contributed by atoms with Crippen LogP contribution in [0.1, 0.15) is 32.6 Å². The van der Waals surface area contributed by atoms with E-state index < -0.39 is 21.3 Å². The Morgan fingerprint density at radius 1 is 1.35 bits per heavy atom. The van der Waals surface area contributed by atoms with Crippen molar-refractivity contribution in [2.75, 3.05) is 38.2 Å². The molecule has 1 saturated heterocycles. The zero-order valence-corrected chi connectivity index (χ0v) is 13.2. The first kappa shape index (κ1) is 17.4. The van der Waals surface area contributed by atoms with Gasteiger partial charge in [-0.2, -0.15) is 0 Å². The van der Waals surface area contributed by atoms with Crippen molar-refractivity contribution < 1.29 is 18.3 Å². The molecule has 1 atom stereocenters. The molecule has 2 N–H and O–H groups in total. The van der Waals surface area contributed by atoms with Crippen LogP contribution in [0, 0.1) is 0 Å². The number of nitrogens with one attached hydrogen (secondary N) is 1. The highest BCUT2D eigenvalue weighted by atomic mass is 32.2. The largest absolute Gasteiger partial charge is 0.480 e. The summed E-state index contributed by atoms with van der Waals surface area (Å²) in [4.78, 5) is 13.5. The van der Waals surface area contributed by atoms with Gasteiger partial charge in [0.05, 0.1) is 11.5 Å². The highest BCUT2D eigenvalue weighted by Crippen LogP contribution is 2.18. The van der Waals surface area contributed by atoms with Gasteiger partial charge in [-0.05, 0) is 45.8 Å². The molecule has 0 bridgehead atoms. The van der Waals surface area contributed by atoms with Gasteiger partial charge in [-0.15, -0.1) is 0 Å².